The Kier molecular flexibility index (Phi) is 5.47. The molecule has 0 unspecified atom stereocenters. The number of fused-ring (bicyclic) bond motifs is 1. The van der Waals surface area contributed by atoms with E-state index in [0.717, 1.165) is 0 Å². The summed E-state index contributed by atoms with van der Waals surface area (Å²) in [5, 5.41) is 16.1. The molecular formula is C22H19FN6O3. The van der Waals surface area contributed by atoms with Gasteiger partial charge in [-0.1, -0.05) is 0 Å². The van der Waals surface area contributed by atoms with E-state index < -0.39 is 11.7 Å². The Morgan fingerprint density at radius 3 is 2.62 bits per heavy atom. The zero-order valence-corrected chi connectivity index (χ0v) is 17.1. The first kappa shape index (κ1) is 20.9. The second-order valence-electron chi connectivity index (χ2n) is 7.18. The lowest BCUT2D eigenvalue weighted by molar-refractivity contribution is 0.0997. The van der Waals surface area contributed by atoms with Crippen LogP contribution in [0.1, 0.15) is 21.6 Å². The van der Waals surface area contributed by atoms with Crippen LogP contribution in [0.15, 0.2) is 42.5 Å². The fraction of sp³-hybridized carbons (Fsp3) is 0.182. The number of ether oxygens (including phenoxy) is 1. The third-order valence-electron chi connectivity index (χ3n) is 5.16. The number of benzene rings is 2. The first-order valence-corrected chi connectivity index (χ1v) is 9.70. The molecule has 0 bridgehead atoms. The summed E-state index contributed by atoms with van der Waals surface area (Å²) in [7, 11) is 1.41. The second-order valence-corrected chi connectivity index (χ2v) is 7.18. The van der Waals surface area contributed by atoms with Crippen LogP contribution in [0.2, 0.25) is 0 Å². The second kappa shape index (κ2) is 8.39. The maximum absolute atomic E-state index is 14.0. The van der Waals surface area contributed by atoms with Crippen molar-refractivity contribution >= 4 is 17.6 Å². The van der Waals surface area contributed by atoms with Gasteiger partial charge in [-0.05, 0) is 36.4 Å². The number of urea groups is 1. The zero-order chi connectivity index (χ0) is 22.8. The molecule has 0 fully saturated rings. The van der Waals surface area contributed by atoms with Crippen molar-refractivity contribution in [3.05, 3.63) is 65.1 Å². The molecule has 1 aromatic heterocycles. The van der Waals surface area contributed by atoms with Crippen LogP contribution >= 0.6 is 0 Å². The Hall–Kier alpha value is -4.39. The standard InChI is InChI=1S/C22H19FN6O3/c1-32-17-9-14(8-15(23)10-17)20-19(21(25)30)18-12-28(6-7-29(18)27-20)22(31)26-16-4-2-13(11-24)3-5-16/h2-5,8-10H,6-7,12H2,1H3,(H2,25,30)(H,26,31). The van der Waals surface area contributed by atoms with Gasteiger partial charge in [0.25, 0.3) is 5.91 Å². The SMILES string of the molecule is COc1cc(F)cc(-c2nn3c(c2C(N)=O)CN(C(=O)Nc2ccc(C#N)cc2)CC3)c1. The summed E-state index contributed by atoms with van der Waals surface area (Å²) >= 11 is 0. The first-order chi connectivity index (χ1) is 15.4. The molecule has 1 aliphatic heterocycles. The molecule has 2 heterocycles. The van der Waals surface area contributed by atoms with Crippen LogP contribution in [0.25, 0.3) is 11.3 Å². The number of primary amides is 1. The lowest BCUT2D eigenvalue weighted by Gasteiger charge is -2.28. The van der Waals surface area contributed by atoms with Crippen molar-refractivity contribution in [2.24, 2.45) is 5.73 Å². The highest BCUT2D eigenvalue weighted by Gasteiger charge is 2.30. The quantitative estimate of drug-likeness (QED) is 0.653. The van der Waals surface area contributed by atoms with Crippen molar-refractivity contribution in [1.29, 1.82) is 5.26 Å². The van der Waals surface area contributed by atoms with Gasteiger partial charge in [0.15, 0.2) is 0 Å². The third-order valence-corrected chi connectivity index (χ3v) is 5.16. The van der Waals surface area contributed by atoms with Gasteiger partial charge in [-0.15, -0.1) is 0 Å². The van der Waals surface area contributed by atoms with Crippen LogP contribution in [-0.4, -0.2) is 40.3 Å². The van der Waals surface area contributed by atoms with Crippen molar-refractivity contribution in [2.45, 2.75) is 13.1 Å². The molecule has 3 amide bonds. The van der Waals surface area contributed by atoms with Crippen molar-refractivity contribution in [2.75, 3.05) is 19.0 Å². The van der Waals surface area contributed by atoms with Gasteiger partial charge in [-0.2, -0.15) is 10.4 Å². The van der Waals surface area contributed by atoms with Crippen LogP contribution in [-0.2, 0) is 13.1 Å². The molecule has 1 aliphatic rings. The summed E-state index contributed by atoms with van der Waals surface area (Å²) in [4.78, 5) is 26.6. The summed E-state index contributed by atoms with van der Waals surface area (Å²) in [5.74, 6) is -0.979. The maximum atomic E-state index is 14.0. The average Bonchev–Trinajstić information content (AvgIpc) is 3.18. The van der Waals surface area contributed by atoms with Crippen LogP contribution in [0.4, 0.5) is 14.9 Å². The third kappa shape index (κ3) is 3.96. The molecule has 0 atom stereocenters. The average molecular weight is 434 g/mol. The number of aromatic nitrogens is 2. The number of nitrogens with zero attached hydrogens (tertiary/aromatic N) is 4. The summed E-state index contributed by atoms with van der Waals surface area (Å²) < 4.78 is 20.7. The number of carbonyl (C=O) groups is 2. The number of anilines is 1. The topological polar surface area (TPSA) is 126 Å². The number of hydrogen-bond donors (Lipinski definition) is 2. The van der Waals surface area contributed by atoms with E-state index in [1.54, 1.807) is 35.0 Å². The molecule has 32 heavy (non-hydrogen) atoms. The number of nitrogens with two attached hydrogens (primary N) is 1. The smallest absolute Gasteiger partial charge is 0.322 e. The maximum Gasteiger partial charge on any atom is 0.322 e. The van der Waals surface area contributed by atoms with E-state index in [4.69, 9.17) is 15.7 Å². The van der Waals surface area contributed by atoms with Gasteiger partial charge < -0.3 is 20.7 Å². The molecule has 3 N–H and O–H groups in total. The van der Waals surface area contributed by atoms with E-state index in [1.807, 2.05) is 6.07 Å². The van der Waals surface area contributed by atoms with E-state index >= 15 is 0 Å². The molecule has 0 saturated heterocycles. The molecule has 0 radical (unpaired) electrons. The largest absolute Gasteiger partial charge is 0.497 e. The van der Waals surface area contributed by atoms with Crippen molar-refractivity contribution in [1.82, 2.24) is 14.7 Å². The predicted molar refractivity (Wildman–Crippen MR) is 113 cm³/mol. The molecule has 0 aliphatic carbocycles. The van der Waals surface area contributed by atoms with E-state index in [2.05, 4.69) is 10.4 Å². The number of rotatable bonds is 4. The van der Waals surface area contributed by atoms with E-state index in [9.17, 15) is 14.0 Å². The first-order valence-electron chi connectivity index (χ1n) is 9.70. The molecule has 0 saturated carbocycles. The molecule has 10 heteroatoms. The Labute approximate surface area is 182 Å². The Morgan fingerprint density at radius 1 is 1.22 bits per heavy atom. The van der Waals surface area contributed by atoms with Crippen molar-refractivity contribution in [3.63, 3.8) is 0 Å². The Morgan fingerprint density at radius 2 is 1.97 bits per heavy atom. The summed E-state index contributed by atoms with van der Waals surface area (Å²) in [6.07, 6.45) is 0. The fourth-order valence-corrected chi connectivity index (χ4v) is 3.60. The number of halogens is 1. The number of hydrogen-bond acceptors (Lipinski definition) is 5. The van der Waals surface area contributed by atoms with E-state index in [-0.39, 0.29) is 29.6 Å². The monoisotopic (exact) mass is 434 g/mol. The lowest BCUT2D eigenvalue weighted by atomic mass is 10.0. The summed E-state index contributed by atoms with van der Waals surface area (Å²) in [6, 6.07) is 12.2. The van der Waals surface area contributed by atoms with Crippen LogP contribution in [0.5, 0.6) is 5.75 Å². The van der Waals surface area contributed by atoms with Crippen molar-refractivity contribution < 1.29 is 18.7 Å². The Bertz CT molecular complexity index is 1250. The zero-order valence-electron chi connectivity index (χ0n) is 17.1. The molecule has 162 valence electrons. The predicted octanol–water partition coefficient (Wildman–Crippen LogP) is 2.72. The Balaban J connectivity index is 1.63. The molecular weight excluding hydrogens is 415 g/mol. The highest BCUT2D eigenvalue weighted by Crippen LogP contribution is 2.31. The highest BCUT2D eigenvalue weighted by molar-refractivity contribution is 6.00. The molecule has 2 aromatic carbocycles. The van der Waals surface area contributed by atoms with Gasteiger partial charge in [-0.3, -0.25) is 9.48 Å². The molecule has 0 spiro atoms. The van der Waals surface area contributed by atoms with Gasteiger partial charge in [0.1, 0.15) is 17.3 Å². The van der Waals surface area contributed by atoms with Crippen LogP contribution < -0.4 is 15.8 Å². The minimum atomic E-state index is -0.723. The highest BCUT2D eigenvalue weighted by atomic mass is 19.1. The molecule has 3 aromatic rings. The van der Waals surface area contributed by atoms with Crippen molar-refractivity contribution in [3.8, 4) is 23.1 Å². The van der Waals surface area contributed by atoms with Crippen LogP contribution in [0, 0.1) is 17.1 Å². The van der Waals surface area contributed by atoms with E-state index in [1.165, 1.54) is 24.1 Å². The van der Waals surface area contributed by atoms with Crippen LogP contribution in [0.3, 0.4) is 0 Å². The van der Waals surface area contributed by atoms with Gasteiger partial charge in [0, 0.05) is 23.9 Å². The number of nitrogens with one attached hydrogen (secondary N) is 1. The minimum Gasteiger partial charge on any atom is -0.497 e. The summed E-state index contributed by atoms with van der Waals surface area (Å²) in [6.45, 7) is 0.781. The number of methoxy groups -OCH3 is 1. The molecule has 4 rings (SSSR count). The lowest BCUT2D eigenvalue weighted by Crippen LogP contribution is -2.41. The number of amides is 3. The minimum absolute atomic E-state index is 0.0971. The fourth-order valence-electron chi connectivity index (χ4n) is 3.60. The van der Waals surface area contributed by atoms with Gasteiger partial charge >= 0.3 is 6.03 Å². The van der Waals surface area contributed by atoms with Gasteiger partial charge in [0.05, 0.1) is 43.1 Å². The summed E-state index contributed by atoms with van der Waals surface area (Å²) in [5.41, 5.74) is 7.85. The van der Waals surface area contributed by atoms with E-state index in [0.29, 0.717) is 35.6 Å². The molecule has 9 nitrogen and oxygen atoms in total. The van der Waals surface area contributed by atoms with Gasteiger partial charge in [0.2, 0.25) is 0 Å². The number of nitriles is 1. The number of carbonyl (C=O) groups excluding carboxylic acids is 2. The normalized spacial score (nSPS) is 12.6. The van der Waals surface area contributed by atoms with Gasteiger partial charge in [-0.25, -0.2) is 9.18 Å².